The van der Waals surface area contributed by atoms with E-state index in [0.717, 1.165) is 11.0 Å². The number of esters is 1. The van der Waals surface area contributed by atoms with Gasteiger partial charge >= 0.3 is 5.97 Å². The topological polar surface area (TPSA) is 46.6 Å². The van der Waals surface area contributed by atoms with Crippen molar-refractivity contribution in [2.24, 2.45) is 0 Å². The van der Waals surface area contributed by atoms with E-state index >= 15 is 0 Å². The smallest absolute Gasteiger partial charge is 0.307 e. The fourth-order valence-electron chi connectivity index (χ4n) is 1.51. The van der Waals surface area contributed by atoms with E-state index < -0.39 is 29.1 Å². The second kappa shape index (κ2) is 6.26. The molecule has 0 saturated carbocycles. The van der Waals surface area contributed by atoms with Gasteiger partial charge in [0.05, 0.1) is 13.5 Å². The number of nitrogens with zero attached hydrogens (tertiary/aromatic N) is 1. The highest BCUT2D eigenvalue weighted by Gasteiger charge is 2.22. The Morgan fingerprint density at radius 2 is 1.95 bits per heavy atom. The summed E-state index contributed by atoms with van der Waals surface area (Å²) in [6.07, 6.45) is -0.0339. The Balaban J connectivity index is 2.88. The highest BCUT2D eigenvalue weighted by atomic mass is 19.1. The Hall–Kier alpha value is -1.98. The maximum absolute atomic E-state index is 13.8. The van der Waals surface area contributed by atoms with Gasteiger partial charge in [-0.25, -0.2) is 8.78 Å². The maximum Gasteiger partial charge on any atom is 0.307 e. The average Bonchev–Trinajstić information content (AvgIpc) is 2.40. The number of methoxy groups -OCH3 is 1. The van der Waals surface area contributed by atoms with Crippen molar-refractivity contribution in [3.63, 3.8) is 0 Å². The van der Waals surface area contributed by atoms with E-state index in [-0.39, 0.29) is 18.5 Å². The van der Waals surface area contributed by atoms with Crippen LogP contribution in [0.1, 0.15) is 22.3 Å². The molecule has 0 aliphatic carbocycles. The molecule has 19 heavy (non-hydrogen) atoms. The van der Waals surface area contributed by atoms with Crippen LogP contribution in [-0.2, 0) is 9.53 Å². The minimum absolute atomic E-state index is 0.0261. The molecular formula is C13H15F2NO3. The average molecular weight is 271 g/mol. The number of rotatable bonds is 4. The Labute approximate surface area is 110 Å². The molecule has 0 heterocycles. The van der Waals surface area contributed by atoms with E-state index in [1.165, 1.54) is 27.1 Å². The van der Waals surface area contributed by atoms with Crippen molar-refractivity contribution in [2.45, 2.75) is 13.3 Å². The summed E-state index contributed by atoms with van der Waals surface area (Å²) >= 11 is 0. The van der Waals surface area contributed by atoms with Gasteiger partial charge in [-0.2, -0.15) is 0 Å². The van der Waals surface area contributed by atoms with Crippen molar-refractivity contribution in [3.8, 4) is 0 Å². The minimum atomic E-state index is -0.919. The molecule has 1 amide bonds. The molecule has 0 aromatic heterocycles. The number of halogens is 2. The predicted molar refractivity (Wildman–Crippen MR) is 64.7 cm³/mol. The monoisotopic (exact) mass is 271 g/mol. The number of hydrogen-bond acceptors (Lipinski definition) is 3. The van der Waals surface area contributed by atoms with Gasteiger partial charge in [-0.3, -0.25) is 9.59 Å². The standard InChI is InChI=1S/C13H15F2NO3/c1-8-4-5-9(14)11(12(8)15)13(18)16(2)7-6-10(17)19-3/h4-5H,6-7H2,1-3H3. The molecule has 4 nitrogen and oxygen atoms in total. The van der Waals surface area contributed by atoms with Crippen LogP contribution in [0.3, 0.4) is 0 Å². The molecule has 0 fully saturated rings. The number of carbonyl (C=O) groups is 2. The molecule has 6 heteroatoms. The van der Waals surface area contributed by atoms with Crippen LogP contribution in [0.5, 0.6) is 0 Å². The van der Waals surface area contributed by atoms with E-state index in [1.54, 1.807) is 0 Å². The summed E-state index contributed by atoms with van der Waals surface area (Å²) < 4.78 is 31.7. The van der Waals surface area contributed by atoms with Gasteiger partial charge in [0.1, 0.15) is 17.2 Å². The van der Waals surface area contributed by atoms with Crippen molar-refractivity contribution < 1.29 is 23.1 Å². The van der Waals surface area contributed by atoms with E-state index in [4.69, 9.17) is 0 Å². The molecule has 0 spiro atoms. The van der Waals surface area contributed by atoms with Crippen LogP contribution in [0.4, 0.5) is 8.78 Å². The van der Waals surface area contributed by atoms with E-state index in [9.17, 15) is 18.4 Å². The number of benzene rings is 1. The Bertz CT molecular complexity index is 503. The summed E-state index contributed by atoms with van der Waals surface area (Å²) in [6, 6.07) is 2.30. The van der Waals surface area contributed by atoms with Crippen LogP contribution in [0, 0.1) is 18.6 Å². The number of carbonyl (C=O) groups excluding carboxylic acids is 2. The summed E-state index contributed by atoms with van der Waals surface area (Å²) in [4.78, 5) is 24.0. The first-order chi connectivity index (χ1) is 8.88. The normalized spacial score (nSPS) is 10.2. The molecule has 104 valence electrons. The maximum atomic E-state index is 13.8. The summed E-state index contributed by atoms with van der Waals surface area (Å²) in [5, 5.41) is 0. The van der Waals surface area contributed by atoms with Crippen LogP contribution in [0.15, 0.2) is 12.1 Å². The van der Waals surface area contributed by atoms with Gasteiger partial charge in [0.15, 0.2) is 0 Å². The Kier molecular flexibility index (Phi) is 4.97. The number of hydrogen-bond donors (Lipinski definition) is 0. The second-order valence-corrected chi connectivity index (χ2v) is 4.11. The van der Waals surface area contributed by atoms with Crippen LogP contribution in [0.25, 0.3) is 0 Å². The SMILES string of the molecule is COC(=O)CCN(C)C(=O)c1c(F)ccc(C)c1F. The molecule has 0 saturated heterocycles. The van der Waals surface area contributed by atoms with E-state index in [1.807, 2.05) is 0 Å². The molecule has 1 aromatic rings. The van der Waals surface area contributed by atoms with Gasteiger partial charge in [-0.05, 0) is 18.6 Å². The van der Waals surface area contributed by atoms with Crippen molar-refractivity contribution in [1.82, 2.24) is 4.90 Å². The summed E-state index contributed by atoms with van der Waals surface area (Å²) in [5.41, 5.74) is -0.418. The van der Waals surface area contributed by atoms with E-state index in [0.29, 0.717) is 0 Å². The first-order valence-electron chi connectivity index (χ1n) is 5.65. The lowest BCUT2D eigenvalue weighted by molar-refractivity contribution is -0.140. The van der Waals surface area contributed by atoms with Gasteiger partial charge in [-0.1, -0.05) is 6.07 Å². The largest absolute Gasteiger partial charge is 0.469 e. The van der Waals surface area contributed by atoms with Gasteiger partial charge in [0, 0.05) is 13.6 Å². The van der Waals surface area contributed by atoms with Crippen LogP contribution >= 0.6 is 0 Å². The first-order valence-corrected chi connectivity index (χ1v) is 5.65. The zero-order chi connectivity index (χ0) is 14.6. The molecule has 1 rings (SSSR count). The third kappa shape index (κ3) is 3.49. The minimum Gasteiger partial charge on any atom is -0.469 e. The van der Waals surface area contributed by atoms with Crippen LogP contribution in [-0.4, -0.2) is 37.5 Å². The van der Waals surface area contributed by atoms with Crippen molar-refractivity contribution in [3.05, 3.63) is 34.9 Å². The molecule has 0 aliphatic heterocycles. The van der Waals surface area contributed by atoms with Crippen molar-refractivity contribution >= 4 is 11.9 Å². The van der Waals surface area contributed by atoms with Gasteiger partial charge in [-0.15, -0.1) is 0 Å². The number of ether oxygens (including phenoxy) is 1. The van der Waals surface area contributed by atoms with Gasteiger partial charge < -0.3 is 9.64 Å². The highest BCUT2D eigenvalue weighted by Crippen LogP contribution is 2.18. The second-order valence-electron chi connectivity index (χ2n) is 4.11. The lowest BCUT2D eigenvalue weighted by Gasteiger charge is -2.17. The van der Waals surface area contributed by atoms with Crippen molar-refractivity contribution in [2.75, 3.05) is 20.7 Å². The molecule has 0 aliphatic rings. The predicted octanol–water partition coefficient (Wildman–Crippen LogP) is 1.91. The summed E-state index contributed by atoms with van der Waals surface area (Å²) in [7, 11) is 2.59. The van der Waals surface area contributed by atoms with Crippen LogP contribution < -0.4 is 0 Å². The van der Waals surface area contributed by atoms with Crippen molar-refractivity contribution in [1.29, 1.82) is 0 Å². The fourth-order valence-corrected chi connectivity index (χ4v) is 1.51. The quantitative estimate of drug-likeness (QED) is 0.786. The van der Waals surface area contributed by atoms with Gasteiger partial charge in [0.25, 0.3) is 5.91 Å². The summed E-state index contributed by atoms with van der Waals surface area (Å²) in [5.74, 6) is -3.10. The van der Waals surface area contributed by atoms with Crippen LogP contribution in [0.2, 0.25) is 0 Å². The van der Waals surface area contributed by atoms with Gasteiger partial charge in [0.2, 0.25) is 0 Å². The molecule has 0 bridgehead atoms. The van der Waals surface area contributed by atoms with E-state index in [2.05, 4.69) is 4.74 Å². The Morgan fingerprint density at radius 1 is 1.32 bits per heavy atom. The number of aryl methyl sites for hydroxylation is 1. The fraction of sp³-hybridized carbons (Fsp3) is 0.385. The molecule has 0 radical (unpaired) electrons. The molecule has 0 N–H and O–H groups in total. The molecule has 0 atom stereocenters. The first kappa shape index (κ1) is 15.1. The molecule has 0 unspecified atom stereocenters. The molecular weight excluding hydrogens is 256 g/mol. The third-order valence-corrected chi connectivity index (χ3v) is 2.72. The number of amides is 1. The summed E-state index contributed by atoms with van der Waals surface area (Å²) in [6.45, 7) is 1.47. The molecule has 1 aromatic carbocycles. The third-order valence-electron chi connectivity index (χ3n) is 2.72. The zero-order valence-corrected chi connectivity index (χ0v) is 11.0. The zero-order valence-electron chi connectivity index (χ0n) is 11.0. The lowest BCUT2D eigenvalue weighted by Crippen LogP contribution is -2.31. The Morgan fingerprint density at radius 3 is 2.53 bits per heavy atom. The lowest BCUT2D eigenvalue weighted by atomic mass is 10.1. The highest BCUT2D eigenvalue weighted by molar-refractivity contribution is 5.95.